The molecule has 1 rings (SSSR count). The first-order valence-electron chi connectivity index (χ1n) is 4.32. The summed E-state index contributed by atoms with van der Waals surface area (Å²) in [6.07, 6.45) is 3.67. The highest BCUT2D eigenvalue weighted by atomic mass is 16.5. The number of methoxy groups -OCH3 is 1. The van der Waals surface area contributed by atoms with E-state index in [1.54, 1.807) is 7.11 Å². The summed E-state index contributed by atoms with van der Waals surface area (Å²) in [7, 11) is 1.72. The third kappa shape index (κ3) is 2.77. The van der Waals surface area contributed by atoms with Crippen LogP contribution >= 0.6 is 0 Å². The van der Waals surface area contributed by atoms with Crippen molar-refractivity contribution in [3.05, 3.63) is 0 Å². The van der Waals surface area contributed by atoms with Crippen molar-refractivity contribution in [1.29, 1.82) is 0 Å². The van der Waals surface area contributed by atoms with E-state index in [-0.39, 0.29) is 0 Å². The van der Waals surface area contributed by atoms with Crippen molar-refractivity contribution in [2.75, 3.05) is 20.3 Å². The van der Waals surface area contributed by atoms with Gasteiger partial charge in [0, 0.05) is 25.7 Å². The van der Waals surface area contributed by atoms with Crippen LogP contribution < -0.4 is 11.1 Å². The Morgan fingerprint density at radius 2 is 2.36 bits per heavy atom. The summed E-state index contributed by atoms with van der Waals surface area (Å²) in [5.41, 5.74) is 5.86. The van der Waals surface area contributed by atoms with Crippen molar-refractivity contribution in [2.45, 2.75) is 31.3 Å². The fourth-order valence-electron chi connectivity index (χ4n) is 1.59. The highest BCUT2D eigenvalue weighted by molar-refractivity contribution is 4.85. The number of nitrogens with two attached hydrogens (primary N) is 1. The van der Waals surface area contributed by atoms with E-state index < -0.39 is 0 Å². The molecule has 1 fully saturated rings. The van der Waals surface area contributed by atoms with Gasteiger partial charge in [0.15, 0.2) is 0 Å². The van der Waals surface area contributed by atoms with Crippen LogP contribution in [0.2, 0.25) is 0 Å². The maximum atomic E-state index is 5.86. The van der Waals surface area contributed by atoms with Crippen molar-refractivity contribution in [2.24, 2.45) is 5.73 Å². The fourth-order valence-corrected chi connectivity index (χ4v) is 1.59. The predicted octanol–water partition coefficient (Wildman–Crippen LogP) is 0.102. The normalized spacial score (nSPS) is 31.1. The molecule has 2 unspecified atom stereocenters. The summed E-state index contributed by atoms with van der Waals surface area (Å²) in [5, 5.41) is 3.38. The monoisotopic (exact) mass is 158 g/mol. The van der Waals surface area contributed by atoms with Crippen molar-refractivity contribution >= 4 is 0 Å². The molecule has 0 aromatic heterocycles. The minimum atomic E-state index is 0.367. The zero-order valence-corrected chi connectivity index (χ0v) is 7.18. The molecule has 3 heteroatoms. The van der Waals surface area contributed by atoms with Gasteiger partial charge in [-0.3, -0.25) is 0 Å². The van der Waals surface area contributed by atoms with Gasteiger partial charge in [-0.05, 0) is 12.8 Å². The van der Waals surface area contributed by atoms with E-state index >= 15 is 0 Å². The topological polar surface area (TPSA) is 47.3 Å². The number of hydrogen-bond donors (Lipinski definition) is 2. The smallest absolute Gasteiger partial charge is 0.0587 e. The van der Waals surface area contributed by atoms with Crippen LogP contribution in [0.25, 0.3) is 0 Å². The Morgan fingerprint density at radius 3 is 2.91 bits per heavy atom. The molecule has 0 heterocycles. The molecule has 0 amide bonds. The SMILES string of the molecule is COCCNC1CCCC1N. The highest BCUT2D eigenvalue weighted by Crippen LogP contribution is 2.16. The van der Waals surface area contributed by atoms with Crippen molar-refractivity contribution in [3.8, 4) is 0 Å². The summed E-state index contributed by atoms with van der Waals surface area (Å²) >= 11 is 0. The van der Waals surface area contributed by atoms with Crippen LogP contribution in [0.1, 0.15) is 19.3 Å². The van der Waals surface area contributed by atoms with Gasteiger partial charge in [-0.2, -0.15) is 0 Å². The van der Waals surface area contributed by atoms with E-state index in [1.165, 1.54) is 19.3 Å². The average Bonchev–Trinajstić information content (AvgIpc) is 2.37. The zero-order valence-electron chi connectivity index (χ0n) is 7.18. The molecular formula is C8H18N2O. The highest BCUT2D eigenvalue weighted by Gasteiger charge is 2.22. The van der Waals surface area contributed by atoms with Gasteiger partial charge in [0.25, 0.3) is 0 Å². The van der Waals surface area contributed by atoms with Gasteiger partial charge in [-0.25, -0.2) is 0 Å². The fraction of sp³-hybridized carbons (Fsp3) is 1.00. The maximum absolute atomic E-state index is 5.86. The molecule has 0 bridgehead atoms. The molecule has 0 saturated heterocycles. The lowest BCUT2D eigenvalue weighted by molar-refractivity contribution is 0.195. The Hall–Kier alpha value is -0.120. The van der Waals surface area contributed by atoms with Gasteiger partial charge in [0.05, 0.1) is 6.61 Å². The van der Waals surface area contributed by atoms with Crippen LogP contribution in [0.15, 0.2) is 0 Å². The summed E-state index contributed by atoms with van der Waals surface area (Å²) < 4.78 is 4.93. The molecule has 1 aliphatic rings. The Balaban J connectivity index is 2.05. The van der Waals surface area contributed by atoms with Gasteiger partial charge in [0.2, 0.25) is 0 Å². The Labute approximate surface area is 68.3 Å². The molecule has 0 radical (unpaired) electrons. The van der Waals surface area contributed by atoms with Gasteiger partial charge in [-0.15, -0.1) is 0 Å². The van der Waals surface area contributed by atoms with E-state index in [9.17, 15) is 0 Å². The van der Waals surface area contributed by atoms with Gasteiger partial charge >= 0.3 is 0 Å². The summed E-state index contributed by atoms with van der Waals surface area (Å²) in [6, 6.07) is 0.900. The number of nitrogens with one attached hydrogen (secondary N) is 1. The lowest BCUT2D eigenvalue weighted by Gasteiger charge is -2.16. The summed E-state index contributed by atoms with van der Waals surface area (Å²) in [5.74, 6) is 0. The molecule has 3 nitrogen and oxygen atoms in total. The molecule has 0 spiro atoms. The van der Waals surface area contributed by atoms with Crippen LogP contribution in [0.5, 0.6) is 0 Å². The van der Waals surface area contributed by atoms with Crippen molar-refractivity contribution in [3.63, 3.8) is 0 Å². The average molecular weight is 158 g/mol. The third-order valence-corrected chi connectivity index (χ3v) is 2.28. The first kappa shape index (κ1) is 8.97. The maximum Gasteiger partial charge on any atom is 0.0587 e. The Kier molecular flexibility index (Phi) is 3.83. The number of hydrogen-bond acceptors (Lipinski definition) is 3. The van der Waals surface area contributed by atoms with E-state index in [0.717, 1.165) is 13.2 Å². The quantitative estimate of drug-likeness (QED) is 0.571. The zero-order chi connectivity index (χ0) is 8.10. The van der Waals surface area contributed by atoms with Crippen molar-refractivity contribution in [1.82, 2.24) is 5.32 Å². The predicted molar refractivity (Wildman–Crippen MR) is 45.5 cm³/mol. The molecule has 11 heavy (non-hydrogen) atoms. The molecule has 2 atom stereocenters. The third-order valence-electron chi connectivity index (χ3n) is 2.28. The lowest BCUT2D eigenvalue weighted by Crippen LogP contribution is -2.42. The van der Waals surface area contributed by atoms with Crippen LogP contribution in [-0.4, -0.2) is 32.3 Å². The summed E-state index contributed by atoms with van der Waals surface area (Å²) in [4.78, 5) is 0. The van der Waals surface area contributed by atoms with E-state index in [0.29, 0.717) is 12.1 Å². The molecule has 0 aromatic rings. The first-order valence-corrected chi connectivity index (χ1v) is 4.32. The van der Waals surface area contributed by atoms with Gasteiger partial charge in [-0.1, -0.05) is 6.42 Å². The standard InChI is InChI=1S/C8H18N2O/c1-11-6-5-10-8-4-2-3-7(8)9/h7-8,10H,2-6,9H2,1H3. The lowest BCUT2D eigenvalue weighted by atomic mass is 10.2. The minimum absolute atomic E-state index is 0.367. The Bertz CT molecular complexity index is 108. The molecule has 0 aliphatic heterocycles. The second-order valence-corrected chi connectivity index (χ2v) is 3.15. The first-order chi connectivity index (χ1) is 5.34. The molecule has 1 saturated carbocycles. The molecule has 0 aromatic carbocycles. The second-order valence-electron chi connectivity index (χ2n) is 3.15. The number of rotatable bonds is 4. The molecule has 66 valence electrons. The molecular weight excluding hydrogens is 140 g/mol. The van der Waals surface area contributed by atoms with Crippen molar-refractivity contribution < 1.29 is 4.74 Å². The van der Waals surface area contributed by atoms with E-state index in [4.69, 9.17) is 10.5 Å². The van der Waals surface area contributed by atoms with Gasteiger partial charge < -0.3 is 15.8 Å². The summed E-state index contributed by atoms with van der Waals surface area (Å²) in [6.45, 7) is 1.71. The molecule has 3 N–H and O–H groups in total. The largest absolute Gasteiger partial charge is 0.383 e. The second kappa shape index (κ2) is 4.70. The van der Waals surface area contributed by atoms with Crippen LogP contribution in [0.4, 0.5) is 0 Å². The van der Waals surface area contributed by atoms with Crippen LogP contribution in [0.3, 0.4) is 0 Å². The minimum Gasteiger partial charge on any atom is -0.383 e. The Morgan fingerprint density at radius 1 is 1.55 bits per heavy atom. The van der Waals surface area contributed by atoms with E-state index in [2.05, 4.69) is 5.32 Å². The van der Waals surface area contributed by atoms with E-state index in [1.807, 2.05) is 0 Å². The van der Waals surface area contributed by atoms with Crippen LogP contribution in [-0.2, 0) is 4.74 Å². The van der Waals surface area contributed by atoms with Crippen LogP contribution in [0, 0.1) is 0 Å². The van der Waals surface area contributed by atoms with Gasteiger partial charge in [0.1, 0.15) is 0 Å². The number of ether oxygens (including phenoxy) is 1. The molecule has 1 aliphatic carbocycles.